The third-order valence-electron chi connectivity index (χ3n) is 5.00. The molecule has 0 bridgehead atoms. The SMILES string of the molecule is COc1ccc(NC(=O)COC(=O)c2ccc(S(=O)(=O)N3CCCCCC3)cc2)cc1. The Morgan fingerprint density at radius 1 is 0.935 bits per heavy atom. The van der Waals surface area contributed by atoms with E-state index < -0.39 is 28.5 Å². The predicted molar refractivity (Wildman–Crippen MR) is 116 cm³/mol. The van der Waals surface area contributed by atoms with Crippen LogP contribution in [-0.2, 0) is 19.6 Å². The van der Waals surface area contributed by atoms with Crippen LogP contribution in [0.2, 0.25) is 0 Å². The van der Waals surface area contributed by atoms with Gasteiger partial charge in [0.1, 0.15) is 5.75 Å². The van der Waals surface area contributed by atoms with Crippen molar-refractivity contribution in [1.82, 2.24) is 4.31 Å². The molecule has 0 unspecified atom stereocenters. The molecule has 3 rings (SSSR count). The summed E-state index contributed by atoms with van der Waals surface area (Å²) in [5, 5.41) is 2.61. The second-order valence-electron chi connectivity index (χ2n) is 7.20. The lowest BCUT2D eigenvalue weighted by molar-refractivity contribution is -0.119. The topological polar surface area (TPSA) is 102 Å². The second kappa shape index (κ2) is 10.4. The molecule has 1 aliphatic rings. The van der Waals surface area contributed by atoms with Crippen LogP contribution < -0.4 is 10.1 Å². The van der Waals surface area contributed by atoms with E-state index in [4.69, 9.17) is 9.47 Å². The third kappa shape index (κ3) is 6.05. The molecule has 1 fully saturated rings. The molecular weight excluding hydrogens is 420 g/mol. The van der Waals surface area contributed by atoms with Crippen LogP contribution >= 0.6 is 0 Å². The highest BCUT2D eigenvalue weighted by molar-refractivity contribution is 7.89. The summed E-state index contributed by atoms with van der Waals surface area (Å²) in [6.45, 7) is 0.559. The first-order chi connectivity index (χ1) is 14.9. The van der Waals surface area contributed by atoms with Crippen LogP contribution in [0.1, 0.15) is 36.0 Å². The summed E-state index contributed by atoms with van der Waals surface area (Å²) in [5.41, 5.74) is 0.719. The number of sulfonamides is 1. The number of nitrogens with one attached hydrogen (secondary N) is 1. The van der Waals surface area contributed by atoms with Crippen molar-refractivity contribution in [2.45, 2.75) is 30.6 Å². The van der Waals surface area contributed by atoms with Gasteiger partial charge in [0.25, 0.3) is 5.91 Å². The van der Waals surface area contributed by atoms with E-state index in [9.17, 15) is 18.0 Å². The van der Waals surface area contributed by atoms with Gasteiger partial charge in [-0.1, -0.05) is 12.8 Å². The highest BCUT2D eigenvalue weighted by Crippen LogP contribution is 2.21. The Balaban J connectivity index is 1.55. The molecule has 0 saturated carbocycles. The molecule has 8 nitrogen and oxygen atoms in total. The zero-order valence-corrected chi connectivity index (χ0v) is 18.2. The maximum absolute atomic E-state index is 12.8. The Labute approximate surface area is 182 Å². The van der Waals surface area contributed by atoms with Crippen molar-refractivity contribution in [3.8, 4) is 5.75 Å². The Hall–Kier alpha value is -2.91. The van der Waals surface area contributed by atoms with Gasteiger partial charge >= 0.3 is 5.97 Å². The smallest absolute Gasteiger partial charge is 0.338 e. The lowest BCUT2D eigenvalue weighted by atomic mass is 10.2. The fourth-order valence-electron chi connectivity index (χ4n) is 3.28. The Morgan fingerprint density at radius 2 is 1.55 bits per heavy atom. The van der Waals surface area contributed by atoms with E-state index in [2.05, 4.69) is 5.32 Å². The quantitative estimate of drug-likeness (QED) is 0.656. The molecule has 1 saturated heterocycles. The molecule has 1 heterocycles. The van der Waals surface area contributed by atoms with E-state index in [1.807, 2.05) is 0 Å². The first-order valence-corrected chi connectivity index (χ1v) is 11.6. The molecule has 31 heavy (non-hydrogen) atoms. The number of anilines is 1. The number of ether oxygens (including phenoxy) is 2. The summed E-state index contributed by atoms with van der Waals surface area (Å²) < 4.78 is 37.2. The zero-order chi connectivity index (χ0) is 22.3. The average Bonchev–Trinajstić information content (AvgIpc) is 3.08. The molecule has 1 aliphatic heterocycles. The van der Waals surface area contributed by atoms with Gasteiger partial charge in [0, 0.05) is 18.8 Å². The normalized spacial score (nSPS) is 15.0. The lowest BCUT2D eigenvalue weighted by Crippen LogP contribution is -2.31. The van der Waals surface area contributed by atoms with E-state index in [1.165, 1.54) is 28.6 Å². The first-order valence-electron chi connectivity index (χ1n) is 10.1. The fourth-order valence-corrected chi connectivity index (χ4v) is 4.80. The van der Waals surface area contributed by atoms with Crippen LogP contribution in [0.25, 0.3) is 0 Å². The van der Waals surface area contributed by atoms with Crippen molar-refractivity contribution >= 4 is 27.6 Å². The van der Waals surface area contributed by atoms with E-state index >= 15 is 0 Å². The molecule has 0 atom stereocenters. The van der Waals surface area contributed by atoms with Crippen LogP contribution in [0.5, 0.6) is 5.75 Å². The van der Waals surface area contributed by atoms with Gasteiger partial charge < -0.3 is 14.8 Å². The molecule has 0 radical (unpaired) electrons. The summed E-state index contributed by atoms with van der Waals surface area (Å²) >= 11 is 0. The van der Waals surface area contributed by atoms with Crippen LogP contribution in [0, 0.1) is 0 Å². The maximum atomic E-state index is 12.8. The number of amides is 1. The zero-order valence-electron chi connectivity index (χ0n) is 17.4. The van der Waals surface area contributed by atoms with E-state index in [0.717, 1.165) is 25.7 Å². The van der Waals surface area contributed by atoms with Crippen molar-refractivity contribution < 1.29 is 27.5 Å². The number of benzene rings is 2. The lowest BCUT2D eigenvalue weighted by Gasteiger charge is -2.19. The number of hydrogen-bond donors (Lipinski definition) is 1. The number of carbonyl (C=O) groups excluding carboxylic acids is 2. The van der Waals surface area contributed by atoms with E-state index in [0.29, 0.717) is 24.5 Å². The molecule has 0 aromatic heterocycles. The minimum atomic E-state index is -3.59. The number of esters is 1. The molecule has 1 amide bonds. The van der Waals surface area contributed by atoms with Gasteiger partial charge in [-0.3, -0.25) is 4.79 Å². The van der Waals surface area contributed by atoms with Crippen molar-refractivity contribution in [2.24, 2.45) is 0 Å². The van der Waals surface area contributed by atoms with Crippen molar-refractivity contribution in [3.05, 3.63) is 54.1 Å². The van der Waals surface area contributed by atoms with Gasteiger partial charge in [0.15, 0.2) is 6.61 Å². The summed E-state index contributed by atoms with van der Waals surface area (Å²) in [4.78, 5) is 24.3. The standard InChI is InChI=1S/C22H26N2O6S/c1-29-19-10-8-18(9-11-19)23-21(25)16-30-22(26)17-6-12-20(13-7-17)31(27,28)24-14-4-2-3-5-15-24/h6-13H,2-5,14-16H2,1H3,(H,23,25). The highest BCUT2D eigenvalue weighted by Gasteiger charge is 2.25. The molecule has 0 spiro atoms. The number of hydrogen-bond acceptors (Lipinski definition) is 6. The van der Waals surface area contributed by atoms with Crippen LogP contribution in [0.4, 0.5) is 5.69 Å². The van der Waals surface area contributed by atoms with E-state index in [1.54, 1.807) is 31.4 Å². The molecule has 2 aromatic rings. The Bertz CT molecular complexity index is 995. The van der Waals surface area contributed by atoms with Crippen LogP contribution in [0.15, 0.2) is 53.4 Å². The number of rotatable bonds is 7. The van der Waals surface area contributed by atoms with Gasteiger partial charge in [-0.2, -0.15) is 4.31 Å². The monoisotopic (exact) mass is 446 g/mol. The number of methoxy groups -OCH3 is 1. The van der Waals surface area contributed by atoms with Crippen molar-refractivity contribution in [2.75, 3.05) is 32.1 Å². The summed E-state index contributed by atoms with van der Waals surface area (Å²) in [7, 11) is -2.04. The Kier molecular flexibility index (Phi) is 7.64. The van der Waals surface area contributed by atoms with Gasteiger partial charge in [-0.15, -0.1) is 0 Å². The second-order valence-corrected chi connectivity index (χ2v) is 9.13. The van der Waals surface area contributed by atoms with Crippen LogP contribution in [-0.4, -0.2) is 51.4 Å². The molecule has 0 aliphatic carbocycles. The van der Waals surface area contributed by atoms with Gasteiger partial charge in [-0.05, 0) is 61.4 Å². The van der Waals surface area contributed by atoms with Gasteiger partial charge in [0.2, 0.25) is 10.0 Å². The first kappa shape index (κ1) is 22.8. The Morgan fingerprint density at radius 3 is 2.13 bits per heavy atom. The maximum Gasteiger partial charge on any atom is 0.338 e. The van der Waals surface area contributed by atoms with Gasteiger partial charge in [-0.25, -0.2) is 13.2 Å². The average molecular weight is 447 g/mol. The van der Waals surface area contributed by atoms with E-state index in [-0.39, 0.29) is 10.5 Å². The summed E-state index contributed by atoms with van der Waals surface area (Å²) in [5.74, 6) is -0.534. The van der Waals surface area contributed by atoms with Crippen LogP contribution in [0.3, 0.4) is 0 Å². The predicted octanol–water partition coefficient (Wildman–Crippen LogP) is 3.06. The minimum Gasteiger partial charge on any atom is -0.497 e. The molecule has 9 heteroatoms. The molecule has 1 N–H and O–H groups in total. The number of nitrogens with zero attached hydrogens (tertiary/aromatic N) is 1. The number of carbonyl (C=O) groups is 2. The van der Waals surface area contributed by atoms with Crippen molar-refractivity contribution in [3.63, 3.8) is 0 Å². The molecular formula is C22H26N2O6S. The summed E-state index contributed by atoms with van der Waals surface area (Å²) in [6, 6.07) is 12.3. The summed E-state index contributed by atoms with van der Waals surface area (Å²) in [6.07, 6.45) is 3.76. The van der Waals surface area contributed by atoms with Crippen molar-refractivity contribution in [1.29, 1.82) is 0 Å². The molecule has 166 valence electrons. The third-order valence-corrected chi connectivity index (χ3v) is 6.91. The fraction of sp³-hybridized carbons (Fsp3) is 0.364. The highest BCUT2D eigenvalue weighted by atomic mass is 32.2. The molecule has 2 aromatic carbocycles. The van der Waals surface area contributed by atoms with Gasteiger partial charge in [0.05, 0.1) is 17.6 Å². The largest absolute Gasteiger partial charge is 0.497 e. The minimum absolute atomic E-state index is 0.142.